The second-order valence-electron chi connectivity index (χ2n) is 31.4. The lowest BCUT2D eigenvalue weighted by atomic mass is 9.72. The number of carbonyl (C=O) groups excluding carboxylic acids is 6. The molecule has 602 valence electrons. The van der Waals surface area contributed by atoms with Crippen molar-refractivity contribution in [3.8, 4) is 0 Å². The topological polar surface area (TPSA) is 218 Å². The molecule has 0 aromatic rings. The summed E-state index contributed by atoms with van der Waals surface area (Å²) >= 11 is 0. The van der Waals surface area contributed by atoms with E-state index in [1.807, 2.05) is 75.5 Å². The number of rotatable bonds is 53. The Morgan fingerprint density at radius 1 is 0.407 bits per heavy atom. The van der Waals surface area contributed by atoms with Crippen molar-refractivity contribution < 1.29 is 57.2 Å². The van der Waals surface area contributed by atoms with Crippen molar-refractivity contribution in [1.82, 2.24) is 26.6 Å². The Hall–Kier alpha value is -7.12. The Morgan fingerprint density at radius 2 is 0.769 bits per heavy atom. The number of ether oxygens (including phenoxy) is 6. The van der Waals surface area contributed by atoms with Crippen LogP contribution in [0.1, 0.15) is 226 Å². The monoisotopic (exact) mass is 1500 g/mol. The van der Waals surface area contributed by atoms with Crippen LogP contribution in [0.2, 0.25) is 0 Å². The average Bonchev–Trinajstić information content (AvgIpc) is 0.833. The van der Waals surface area contributed by atoms with Gasteiger partial charge in [0.1, 0.15) is 0 Å². The van der Waals surface area contributed by atoms with Crippen molar-refractivity contribution in [2.24, 2.45) is 22.2 Å². The highest BCUT2D eigenvalue weighted by Crippen LogP contribution is 2.43. The molecule has 108 heavy (non-hydrogen) atoms. The summed E-state index contributed by atoms with van der Waals surface area (Å²) in [7, 11) is 1.62. The molecule has 3 aliphatic rings. The highest BCUT2D eigenvalue weighted by molar-refractivity contribution is 5.96. The maximum absolute atomic E-state index is 14.7. The summed E-state index contributed by atoms with van der Waals surface area (Å²) in [6, 6.07) is -0.907. The Balaban J connectivity index is 1.69. The second kappa shape index (κ2) is 54.5. The fraction of sp³-hybridized carbons (Fsp3) is 0.604. The molecule has 0 aromatic carbocycles. The lowest BCUT2D eigenvalue weighted by Gasteiger charge is -2.33. The summed E-state index contributed by atoms with van der Waals surface area (Å²) < 4.78 is 32.9. The van der Waals surface area contributed by atoms with Crippen molar-refractivity contribution in [1.29, 1.82) is 0 Å². The van der Waals surface area contributed by atoms with Gasteiger partial charge < -0.3 is 55.0 Å². The van der Waals surface area contributed by atoms with E-state index in [1.165, 1.54) is 71.6 Å². The zero-order valence-corrected chi connectivity index (χ0v) is 69.5. The number of hydrogen-bond acceptors (Lipinski definition) is 12. The number of amides is 5. The molecule has 2 atom stereocenters. The maximum Gasteiger partial charge on any atom is 0.244 e. The van der Waals surface area contributed by atoms with Crippen molar-refractivity contribution in [2.45, 2.75) is 232 Å². The van der Waals surface area contributed by atoms with Gasteiger partial charge in [-0.25, -0.2) is 0 Å². The molecule has 5 N–H and O–H groups in total. The molecule has 0 aliphatic heterocycles. The standard InChI is InChI=1S/C91H141N5O12/c1-69(40-43-79-75(7)35-24-47-89(79,10)11)29-21-32-72(4)65-85(99)93-50-19-17-38-78(88(102)95-53-28-55-105-60-63-108-62-59-104-54-27-52-92-84(98)46-56-106-61-64-107-58-57-103-16)68-83(97)82(96-87(101)67-74(6)34-23-31-71(3)42-45-81-77(9)37-26-49-91(81,14)15)39-18-20-51-94-86(100)66-73(5)33-22-30-70(2)41-44-80-76(8)36-25-48-90(80,12)13/h21-23,29-34,40-45,65-67,78,82H,17-20,24-28,35-39,46-64,68H2,1-16H3,(H,92,98)(H,93,99)(H,94,100)(H,95,102)(H,96,101)/b32-21+,33-22+,34-23+,43-40+,44-41+,45-42+,69-29+,70-30+,71-31+,72-65+,73-66+,74-67+/t78-,82+/m0/s1. The van der Waals surface area contributed by atoms with E-state index in [1.54, 1.807) is 19.3 Å². The van der Waals surface area contributed by atoms with Crippen LogP contribution in [0.15, 0.2) is 176 Å². The minimum atomic E-state index is -0.907. The van der Waals surface area contributed by atoms with E-state index >= 15 is 0 Å². The van der Waals surface area contributed by atoms with Crippen LogP contribution in [-0.2, 0) is 57.2 Å². The fourth-order valence-corrected chi connectivity index (χ4v) is 13.6. The van der Waals surface area contributed by atoms with Gasteiger partial charge in [-0.2, -0.15) is 0 Å². The van der Waals surface area contributed by atoms with E-state index in [9.17, 15) is 28.8 Å². The molecule has 0 radical (unpaired) electrons. The molecule has 3 rings (SSSR count). The quantitative estimate of drug-likeness (QED) is 0.0218. The molecule has 17 nitrogen and oxygen atoms in total. The molecule has 3 aliphatic carbocycles. The fourth-order valence-electron chi connectivity index (χ4n) is 13.6. The second-order valence-corrected chi connectivity index (χ2v) is 31.4. The molecule has 0 unspecified atom stereocenters. The van der Waals surface area contributed by atoms with E-state index in [4.69, 9.17) is 28.4 Å². The zero-order chi connectivity index (χ0) is 79.6. The Labute approximate surface area is 652 Å². The predicted octanol–water partition coefficient (Wildman–Crippen LogP) is 17.3. The van der Waals surface area contributed by atoms with Crippen molar-refractivity contribution >= 4 is 35.3 Å². The summed E-state index contributed by atoms with van der Waals surface area (Å²) in [5.74, 6) is -2.20. The Morgan fingerprint density at radius 3 is 1.18 bits per heavy atom. The molecule has 0 saturated heterocycles. The molecule has 0 saturated carbocycles. The van der Waals surface area contributed by atoms with Gasteiger partial charge in [0.2, 0.25) is 29.5 Å². The van der Waals surface area contributed by atoms with Crippen molar-refractivity contribution in [3.63, 3.8) is 0 Å². The number of allylic oxidation sites excluding steroid dienone is 27. The molecule has 5 amide bonds. The van der Waals surface area contributed by atoms with Crippen molar-refractivity contribution in [2.75, 3.05) is 106 Å². The van der Waals surface area contributed by atoms with Gasteiger partial charge in [0.15, 0.2) is 5.78 Å². The van der Waals surface area contributed by atoms with Gasteiger partial charge >= 0.3 is 0 Å². The van der Waals surface area contributed by atoms with Gasteiger partial charge in [-0.15, -0.1) is 0 Å². The van der Waals surface area contributed by atoms with Gasteiger partial charge in [0, 0.05) is 83.5 Å². The highest BCUT2D eigenvalue weighted by atomic mass is 16.5. The number of nitrogens with one attached hydrogen (secondary N) is 5. The molecule has 0 bridgehead atoms. The van der Waals surface area contributed by atoms with Crippen LogP contribution in [0.3, 0.4) is 0 Å². The average molecular weight is 1500 g/mol. The number of ketones is 1. The summed E-state index contributed by atoms with van der Waals surface area (Å²) in [5, 5.41) is 14.9. The summed E-state index contributed by atoms with van der Waals surface area (Å²) in [4.78, 5) is 81.1. The molecule has 0 spiro atoms. The Bertz CT molecular complexity index is 3310. The molecular formula is C91H141N5O12. The van der Waals surface area contributed by atoms with Crippen LogP contribution >= 0.6 is 0 Å². The van der Waals surface area contributed by atoms with E-state index in [0.717, 1.165) is 53.5 Å². The van der Waals surface area contributed by atoms with Crippen LogP contribution in [-0.4, -0.2) is 147 Å². The van der Waals surface area contributed by atoms with Crippen LogP contribution in [0.25, 0.3) is 0 Å². The van der Waals surface area contributed by atoms with Crippen LogP contribution in [0.4, 0.5) is 0 Å². The van der Waals surface area contributed by atoms with Gasteiger partial charge in [-0.05, 0) is 215 Å². The molecule has 17 heteroatoms. The largest absolute Gasteiger partial charge is 0.382 e. The third-order valence-electron chi connectivity index (χ3n) is 20.0. The number of Topliss-reactive ketones (excluding diaryl/α,β-unsaturated/α-hetero) is 1. The minimum absolute atomic E-state index is 0.0765. The van der Waals surface area contributed by atoms with Gasteiger partial charge in [-0.1, -0.05) is 173 Å². The van der Waals surface area contributed by atoms with Crippen LogP contribution < -0.4 is 26.6 Å². The van der Waals surface area contributed by atoms with Gasteiger partial charge in [0.05, 0.1) is 65.5 Å². The first kappa shape index (κ1) is 95.1. The van der Waals surface area contributed by atoms with Crippen molar-refractivity contribution in [3.05, 3.63) is 176 Å². The smallest absolute Gasteiger partial charge is 0.244 e. The minimum Gasteiger partial charge on any atom is -0.382 e. The van der Waals surface area contributed by atoms with E-state index in [0.29, 0.717) is 156 Å². The first-order valence-corrected chi connectivity index (χ1v) is 40.1. The number of unbranched alkanes of at least 4 members (excludes halogenated alkanes) is 2. The molecule has 0 heterocycles. The van der Waals surface area contributed by atoms with Crippen LogP contribution in [0.5, 0.6) is 0 Å². The van der Waals surface area contributed by atoms with Gasteiger partial charge in [0.25, 0.3) is 0 Å². The first-order valence-electron chi connectivity index (χ1n) is 40.1. The Kier molecular flexibility index (Phi) is 48.0. The normalized spacial score (nSPS) is 17.7. The third kappa shape index (κ3) is 42.7. The third-order valence-corrected chi connectivity index (χ3v) is 20.0. The highest BCUT2D eigenvalue weighted by Gasteiger charge is 2.30. The molecule has 0 fully saturated rings. The van der Waals surface area contributed by atoms with E-state index in [-0.39, 0.29) is 58.5 Å². The predicted molar refractivity (Wildman–Crippen MR) is 443 cm³/mol. The zero-order valence-electron chi connectivity index (χ0n) is 69.5. The lowest BCUT2D eigenvalue weighted by Crippen LogP contribution is -2.42. The first-order chi connectivity index (χ1) is 51.5. The summed E-state index contributed by atoms with van der Waals surface area (Å²) in [6.07, 6.45) is 50.3. The van der Waals surface area contributed by atoms with E-state index < -0.39 is 17.9 Å². The summed E-state index contributed by atoms with van der Waals surface area (Å²) in [6.45, 7) is 38.6. The van der Waals surface area contributed by atoms with E-state index in [2.05, 4.69) is 146 Å². The number of carbonyl (C=O) groups is 6. The molecule has 0 aromatic heterocycles. The van der Waals surface area contributed by atoms with Gasteiger partial charge in [-0.3, -0.25) is 28.8 Å². The van der Waals surface area contributed by atoms with Crippen LogP contribution in [0, 0.1) is 22.2 Å². The number of hydrogen-bond donors (Lipinski definition) is 5. The lowest BCUT2D eigenvalue weighted by molar-refractivity contribution is -0.131. The SMILES string of the molecule is COCCOCCOCCC(=O)NCCCOCCOCCOCCCNC(=O)[C@@H](CCCCNC(=O)/C=C(C)/C=C/C=C(C)/C=C/C1=C(C)CCCC1(C)C)CC(=O)[C@@H](CCCCNC(=O)/C=C(C)/C=C/C=C(C)/C=C/C1=C(C)CCCC1(C)C)NC(=O)/C=C(C)/C=C/C=C(C)/C=C/C1=C(C)CCCC1(C)C. The number of methoxy groups -OCH3 is 1. The maximum atomic E-state index is 14.7. The molecular weight excluding hydrogens is 1360 g/mol. The summed E-state index contributed by atoms with van der Waals surface area (Å²) in [5.41, 5.74) is 14.6.